The summed E-state index contributed by atoms with van der Waals surface area (Å²) < 4.78 is 31.6. The SMILES string of the molecule is CNC(=O)OC[C@@H]1Cc2c(c(F)cc3nc(-c4cc(C)cc5nc(OC)cnc45)sc23)O1. The molecule has 0 fully saturated rings. The zero-order valence-corrected chi connectivity index (χ0v) is 18.4. The molecule has 0 spiro atoms. The molecule has 4 aromatic rings. The molecule has 5 rings (SSSR count). The van der Waals surface area contributed by atoms with Crippen LogP contribution in [0.1, 0.15) is 11.1 Å². The number of hydrogen-bond acceptors (Lipinski definition) is 8. The first-order chi connectivity index (χ1) is 15.5. The number of alkyl carbamates (subject to hydrolysis) is 1. The predicted octanol–water partition coefficient (Wildman–Crippen LogP) is 4.02. The lowest BCUT2D eigenvalue weighted by Crippen LogP contribution is -2.27. The molecule has 0 bridgehead atoms. The zero-order valence-electron chi connectivity index (χ0n) is 17.6. The van der Waals surface area contributed by atoms with E-state index in [2.05, 4.69) is 15.3 Å². The Balaban J connectivity index is 1.57. The smallest absolute Gasteiger partial charge is 0.406 e. The zero-order chi connectivity index (χ0) is 22.4. The van der Waals surface area contributed by atoms with Crippen LogP contribution in [0.4, 0.5) is 9.18 Å². The van der Waals surface area contributed by atoms with Gasteiger partial charge in [-0.25, -0.2) is 24.1 Å². The summed E-state index contributed by atoms with van der Waals surface area (Å²) in [5.41, 5.74) is 4.50. The van der Waals surface area contributed by atoms with Gasteiger partial charge in [0, 0.05) is 30.7 Å². The summed E-state index contributed by atoms with van der Waals surface area (Å²) >= 11 is 1.45. The molecule has 8 nitrogen and oxygen atoms in total. The average Bonchev–Trinajstić information content (AvgIpc) is 3.40. The molecule has 1 amide bonds. The number of carbonyl (C=O) groups excluding carboxylic acids is 1. The van der Waals surface area contributed by atoms with Gasteiger partial charge in [0.1, 0.15) is 17.7 Å². The van der Waals surface area contributed by atoms with Crippen LogP contribution in [0.5, 0.6) is 11.6 Å². The van der Waals surface area contributed by atoms with E-state index < -0.39 is 18.0 Å². The molecule has 2 aromatic carbocycles. The van der Waals surface area contributed by atoms with Crippen LogP contribution in [-0.4, -0.2) is 47.9 Å². The van der Waals surface area contributed by atoms with Crippen molar-refractivity contribution < 1.29 is 23.4 Å². The molecule has 32 heavy (non-hydrogen) atoms. The van der Waals surface area contributed by atoms with Crippen LogP contribution < -0.4 is 14.8 Å². The topological polar surface area (TPSA) is 95.5 Å². The van der Waals surface area contributed by atoms with Gasteiger partial charge in [0.05, 0.1) is 34.6 Å². The Morgan fingerprint density at radius 1 is 1.31 bits per heavy atom. The first-order valence-electron chi connectivity index (χ1n) is 9.91. The summed E-state index contributed by atoms with van der Waals surface area (Å²) in [7, 11) is 3.02. The van der Waals surface area contributed by atoms with Crippen molar-refractivity contribution in [2.75, 3.05) is 20.8 Å². The summed E-state index contributed by atoms with van der Waals surface area (Å²) in [6.45, 7) is 2.00. The number of thiazole rings is 1. The molecule has 0 radical (unpaired) electrons. The fraction of sp³-hybridized carbons (Fsp3) is 0.273. The second-order valence-corrected chi connectivity index (χ2v) is 8.42. The van der Waals surface area contributed by atoms with Gasteiger partial charge in [-0.1, -0.05) is 0 Å². The van der Waals surface area contributed by atoms with Crippen LogP contribution in [0.2, 0.25) is 0 Å². The third kappa shape index (κ3) is 3.46. The molecule has 10 heteroatoms. The Morgan fingerprint density at radius 3 is 2.94 bits per heavy atom. The average molecular weight is 454 g/mol. The summed E-state index contributed by atoms with van der Waals surface area (Å²) in [6.07, 6.45) is 0.982. The molecule has 1 aliphatic heterocycles. The maximum Gasteiger partial charge on any atom is 0.406 e. The van der Waals surface area contributed by atoms with Crippen LogP contribution in [-0.2, 0) is 11.2 Å². The van der Waals surface area contributed by atoms with Crippen molar-refractivity contribution in [2.45, 2.75) is 19.4 Å². The number of methoxy groups -OCH3 is 1. The normalized spacial score (nSPS) is 14.9. The number of carbonyl (C=O) groups is 1. The van der Waals surface area contributed by atoms with Gasteiger partial charge in [-0.15, -0.1) is 11.3 Å². The van der Waals surface area contributed by atoms with E-state index in [1.807, 2.05) is 19.1 Å². The Kier molecular flexibility index (Phi) is 5.01. The van der Waals surface area contributed by atoms with Crippen molar-refractivity contribution >= 4 is 38.7 Å². The Morgan fingerprint density at radius 2 is 2.16 bits per heavy atom. The lowest BCUT2D eigenvalue weighted by molar-refractivity contribution is 0.0923. The standard InChI is InChI=1S/C22H19FN4O4S/c1-10-4-12(18-15(5-10)26-17(29-3)8-25-18)21-27-16-7-14(23)19-13(20(16)32-21)6-11(31-19)9-30-22(28)24-2/h4-5,7-8,11H,6,9H2,1-3H3,(H,24,28)/t11-/m0/s1. The first kappa shape index (κ1) is 20.4. The van der Waals surface area contributed by atoms with Gasteiger partial charge in [-0.05, 0) is 24.6 Å². The van der Waals surface area contributed by atoms with E-state index in [0.717, 1.165) is 21.4 Å². The van der Waals surface area contributed by atoms with E-state index in [1.165, 1.54) is 24.5 Å². The number of fused-ring (bicyclic) bond motifs is 4. The number of rotatable bonds is 4. The van der Waals surface area contributed by atoms with Gasteiger partial charge in [-0.2, -0.15) is 0 Å². The number of hydrogen-bond donors (Lipinski definition) is 1. The largest absolute Gasteiger partial charge is 0.483 e. The maximum atomic E-state index is 14.8. The summed E-state index contributed by atoms with van der Waals surface area (Å²) in [5.74, 6) is 0.141. The van der Waals surface area contributed by atoms with Crippen molar-refractivity contribution in [1.82, 2.24) is 20.3 Å². The Hall–Kier alpha value is -3.53. The van der Waals surface area contributed by atoms with Crippen molar-refractivity contribution in [3.8, 4) is 22.2 Å². The molecule has 0 unspecified atom stereocenters. The van der Waals surface area contributed by atoms with Crippen molar-refractivity contribution in [1.29, 1.82) is 0 Å². The molecule has 2 aromatic heterocycles. The molecular weight excluding hydrogens is 435 g/mol. The fourth-order valence-electron chi connectivity index (χ4n) is 3.79. The van der Waals surface area contributed by atoms with Gasteiger partial charge < -0.3 is 19.5 Å². The van der Waals surface area contributed by atoms with Gasteiger partial charge >= 0.3 is 6.09 Å². The number of halogens is 1. The number of benzene rings is 2. The van der Waals surface area contributed by atoms with Crippen molar-refractivity contribution in [2.24, 2.45) is 0 Å². The number of aryl methyl sites for hydroxylation is 1. The minimum absolute atomic E-state index is 0.0287. The van der Waals surface area contributed by atoms with E-state index in [-0.39, 0.29) is 12.4 Å². The van der Waals surface area contributed by atoms with Gasteiger partial charge in [0.25, 0.3) is 0 Å². The molecule has 3 heterocycles. The minimum Gasteiger partial charge on any atom is -0.483 e. The number of ether oxygens (including phenoxy) is 3. The monoisotopic (exact) mass is 454 g/mol. The summed E-state index contributed by atoms with van der Waals surface area (Å²) in [5, 5.41) is 3.10. The minimum atomic E-state index is -0.556. The predicted molar refractivity (Wildman–Crippen MR) is 118 cm³/mol. The molecule has 0 aliphatic carbocycles. The van der Waals surface area contributed by atoms with Crippen molar-refractivity contribution in [3.05, 3.63) is 41.3 Å². The van der Waals surface area contributed by atoms with E-state index >= 15 is 0 Å². The second kappa shape index (κ2) is 7.86. The van der Waals surface area contributed by atoms with Crippen LogP contribution in [0.15, 0.2) is 24.4 Å². The van der Waals surface area contributed by atoms with E-state index in [9.17, 15) is 9.18 Å². The van der Waals surface area contributed by atoms with Crippen molar-refractivity contribution in [3.63, 3.8) is 0 Å². The number of aromatic nitrogens is 3. The van der Waals surface area contributed by atoms with Crippen LogP contribution in [0.3, 0.4) is 0 Å². The molecule has 1 N–H and O–H groups in total. The fourth-order valence-corrected chi connectivity index (χ4v) is 4.90. The summed E-state index contributed by atoms with van der Waals surface area (Å²) in [6, 6.07) is 5.31. The number of nitrogens with zero attached hydrogens (tertiary/aromatic N) is 3. The summed E-state index contributed by atoms with van der Waals surface area (Å²) in [4.78, 5) is 25.1. The highest BCUT2D eigenvalue weighted by molar-refractivity contribution is 7.22. The second-order valence-electron chi connectivity index (χ2n) is 7.42. The van der Waals surface area contributed by atoms with Gasteiger partial charge in [0.2, 0.25) is 5.88 Å². The third-order valence-electron chi connectivity index (χ3n) is 5.21. The first-order valence-corrected chi connectivity index (χ1v) is 10.7. The molecule has 1 aliphatic rings. The van der Waals surface area contributed by atoms with Crippen LogP contribution in [0.25, 0.3) is 31.8 Å². The molecule has 164 valence electrons. The lowest BCUT2D eigenvalue weighted by atomic mass is 10.1. The molecule has 0 saturated carbocycles. The molecule has 1 atom stereocenters. The number of amides is 1. The molecular formula is C22H19FN4O4S. The molecule has 0 saturated heterocycles. The van der Waals surface area contributed by atoms with Gasteiger partial charge in [-0.3, -0.25) is 0 Å². The Bertz CT molecular complexity index is 1370. The number of nitrogens with one attached hydrogen (secondary N) is 1. The van der Waals surface area contributed by atoms with E-state index in [1.54, 1.807) is 13.3 Å². The maximum absolute atomic E-state index is 14.8. The Labute approximate surface area is 186 Å². The highest BCUT2D eigenvalue weighted by Gasteiger charge is 2.31. The lowest BCUT2D eigenvalue weighted by Gasteiger charge is -2.10. The van der Waals surface area contributed by atoms with Gasteiger partial charge in [0.15, 0.2) is 11.6 Å². The van der Waals surface area contributed by atoms with Crippen LogP contribution >= 0.6 is 11.3 Å². The van der Waals surface area contributed by atoms with E-state index in [4.69, 9.17) is 19.2 Å². The van der Waals surface area contributed by atoms with Crippen LogP contribution in [0, 0.1) is 12.7 Å². The highest BCUT2D eigenvalue weighted by atomic mass is 32.1. The quantitative estimate of drug-likeness (QED) is 0.498. The van der Waals surface area contributed by atoms with E-state index in [0.29, 0.717) is 33.9 Å². The highest BCUT2D eigenvalue weighted by Crippen LogP contribution is 2.43. The third-order valence-corrected chi connectivity index (χ3v) is 6.38.